The maximum absolute atomic E-state index is 14.0. The lowest BCUT2D eigenvalue weighted by Gasteiger charge is -2.39. The maximum Gasteiger partial charge on any atom is 0.254 e. The van der Waals surface area contributed by atoms with Crippen LogP contribution in [0.4, 0.5) is 8.78 Å². The molecule has 3 aromatic rings. The van der Waals surface area contributed by atoms with Gasteiger partial charge >= 0.3 is 0 Å². The Bertz CT molecular complexity index is 1170. The minimum atomic E-state index is -0.688. The molecule has 0 spiro atoms. The lowest BCUT2D eigenvalue weighted by atomic mass is 9.98. The summed E-state index contributed by atoms with van der Waals surface area (Å²) in [6, 6.07) is 19.8. The molecule has 0 radical (unpaired) electrons. The SMILES string of the molecule is Cc1ccccc1SCc1ccc(C(=O)N2[C@H]3CC[C@H]2CC(Oc2ccc(F)cc2F)C3)cc1. The molecule has 0 aliphatic carbocycles. The van der Waals surface area contributed by atoms with Gasteiger partial charge in [-0.25, -0.2) is 8.78 Å². The number of halogens is 2. The average Bonchev–Trinajstić information content (AvgIpc) is 3.10. The number of benzene rings is 3. The number of piperidine rings is 1. The summed E-state index contributed by atoms with van der Waals surface area (Å²) in [6.45, 7) is 2.11. The second-order valence-corrected chi connectivity index (χ2v) is 10.2. The Labute approximate surface area is 203 Å². The third-order valence-corrected chi connectivity index (χ3v) is 8.05. The summed E-state index contributed by atoms with van der Waals surface area (Å²) in [7, 11) is 0. The number of fused-ring (bicyclic) bond motifs is 2. The normalized spacial score (nSPS) is 21.5. The highest BCUT2D eigenvalue weighted by Crippen LogP contribution is 2.38. The molecule has 0 unspecified atom stereocenters. The van der Waals surface area contributed by atoms with E-state index < -0.39 is 11.6 Å². The van der Waals surface area contributed by atoms with Crippen LogP contribution in [0.3, 0.4) is 0 Å². The van der Waals surface area contributed by atoms with Crippen molar-refractivity contribution < 1.29 is 18.3 Å². The van der Waals surface area contributed by atoms with Gasteiger partial charge in [-0.2, -0.15) is 0 Å². The zero-order valence-corrected chi connectivity index (χ0v) is 19.9. The summed E-state index contributed by atoms with van der Waals surface area (Å²) in [6.07, 6.45) is 2.98. The van der Waals surface area contributed by atoms with Gasteiger partial charge in [0, 0.05) is 47.2 Å². The zero-order chi connectivity index (χ0) is 23.7. The highest BCUT2D eigenvalue weighted by Gasteiger charge is 2.44. The van der Waals surface area contributed by atoms with Crippen LogP contribution in [0.25, 0.3) is 0 Å². The van der Waals surface area contributed by atoms with Crippen LogP contribution in [0, 0.1) is 18.6 Å². The van der Waals surface area contributed by atoms with Gasteiger partial charge in [0.15, 0.2) is 11.6 Å². The Hall–Kier alpha value is -2.86. The molecular weight excluding hydrogens is 452 g/mol. The topological polar surface area (TPSA) is 29.5 Å². The van der Waals surface area contributed by atoms with Crippen molar-refractivity contribution in [2.45, 2.75) is 61.4 Å². The van der Waals surface area contributed by atoms with Crippen LogP contribution in [0.2, 0.25) is 0 Å². The average molecular weight is 480 g/mol. The molecule has 3 nitrogen and oxygen atoms in total. The van der Waals surface area contributed by atoms with Gasteiger partial charge in [0.05, 0.1) is 0 Å². The summed E-state index contributed by atoms with van der Waals surface area (Å²) in [5.74, 6) is -0.328. The highest BCUT2D eigenvalue weighted by molar-refractivity contribution is 7.98. The zero-order valence-electron chi connectivity index (χ0n) is 19.0. The van der Waals surface area contributed by atoms with Crippen LogP contribution in [-0.4, -0.2) is 29.0 Å². The van der Waals surface area contributed by atoms with E-state index in [-0.39, 0.29) is 29.8 Å². The molecule has 2 saturated heterocycles. The summed E-state index contributed by atoms with van der Waals surface area (Å²) >= 11 is 1.80. The first-order valence-corrected chi connectivity index (χ1v) is 12.7. The third kappa shape index (κ3) is 4.83. The first-order chi connectivity index (χ1) is 16.5. The van der Waals surface area contributed by atoms with Crippen molar-refractivity contribution in [3.05, 3.63) is 95.1 Å². The summed E-state index contributed by atoms with van der Waals surface area (Å²) in [5, 5.41) is 0. The summed E-state index contributed by atoms with van der Waals surface area (Å²) in [4.78, 5) is 16.6. The van der Waals surface area contributed by atoms with Crippen LogP contribution in [0.15, 0.2) is 71.6 Å². The highest BCUT2D eigenvalue weighted by atomic mass is 32.2. The molecule has 2 fully saturated rings. The molecule has 0 N–H and O–H groups in total. The number of ether oxygens (including phenoxy) is 1. The molecular formula is C28H27F2NO2S. The molecule has 2 bridgehead atoms. The summed E-state index contributed by atoms with van der Waals surface area (Å²) < 4.78 is 33.1. The van der Waals surface area contributed by atoms with Crippen molar-refractivity contribution in [3.8, 4) is 5.75 Å². The molecule has 2 aliphatic rings. The van der Waals surface area contributed by atoms with Crippen LogP contribution in [0.1, 0.15) is 47.2 Å². The van der Waals surface area contributed by atoms with Crippen LogP contribution in [0.5, 0.6) is 5.75 Å². The number of nitrogens with zero attached hydrogens (tertiary/aromatic N) is 1. The monoisotopic (exact) mass is 479 g/mol. The van der Waals surface area contributed by atoms with Crippen molar-refractivity contribution in [2.75, 3.05) is 0 Å². The number of carbonyl (C=O) groups is 1. The van der Waals surface area contributed by atoms with Crippen molar-refractivity contribution in [1.29, 1.82) is 0 Å². The van der Waals surface area contributed by atoms with E-state index in [2.05, 4.69) is 25.1 Å². The largest absolute Gasteiger partial charge is 0.487 e. The van der Waals surface area contributed by atoms with Gasteiger partial charge in [-0.1, -0.05) is 30.3 Å². The van der Waals surface area contributed by atoms with Gasteiger partial charge in [0.1, 0.15) is 11.9 Å². The van der Waals surface area contributed by atoms with Crippen LogP contribution in [-0.2, 0) is 5.75 Å². The van der Waals surface area contributed by atoms with E-state index in [0.717, 1.165) is 24.7 Å². The minimum absolute atomic E-state index is 0.0528. The molecule has 176 valence electrons. The molecule has 5 rings (SSSR count). The first kappa shape index (κ1) is 22.9. The van der Waals surface area contributed by atoms with E-state index in [9.17, 15) is 13.6 Å². The Morgan fingerprint density at radius 3 is 2.38 bits per heavy atom. The number of rotatable bonds is 6. The molecule has 6 heteroatoms. The van der Waals surface area contributed by atoms with Crippen LogP contribution < -0.4 is 4.74 Å². The maximum atomic E-state index is 14.0. The van der Waals surface area contributed by atoms with Crippen molar-refractivity contribution in [2.24, 2.45) is 0 Å². The molecule has 3 aromatic carbocycles. The number of thioether (sulfide) groups is 1. The van der Waals surface area contributed by atoms with E-state index in [1.165, 1.54) is 28.2 Å². The molecule has 0 saturated carbocycles. The van der Waals surface area contributed by atoms with Crippen LogP contribution >= 0.6 is 11.8 Å². The minimum Gasteiger partial charge on any atom is -0.487 e. The fourth-order valence-corrected chi connectivity index (χ4v) is 6.06. The number of hydrogen-bond acceptors (Lipinski definition) is 3. The molecule has 2 heterocycles. The fourth-order valence-electron chi connectivity index (χ4n) is 5.08. The standard InChI is InChI=1S/C28H27F2NO2S/c1-18-4-2-3-5-27(18)34-17-19-6-8-20(9-7-19)28(32)31-22-11-12-23(31)16-24(15-22)33-26-13-10-21(29)14-25(26)30/h2-10,13-14,22-24H,11-12,15-17H2,1H3/t22-,23-/m0/s1. The summed E-state index contributed by atoms with van der Waals surface area (Å²) in [5.41, 5.74) is 3.15. The molecule has 2 aliphatic heterocycles. The van der Waals surface area contributed by atoms with E-state index >= 15 is 0 Å². The third-order valence-electron chi connectivity index (χ3n) is 6.80. The van der Waals surface area contributed by atoms with Gasteiger partial charge in [0.2, 0.25) is 0 Å². The Balaban J connectivity index is 1.21. The van der Waals surface area contributed by atoms with E-state index in [4.69, 9.17) is 4.74 Å². The quantitative estimate of drug-likeness (QED) is 0.365. The van der Waals surface area contributed by atoms with Crippen molar-refractivity contribution in [1.82, 2.24) is 4.90 Å². The number of carbonyl (C=O) groups excluding carboxylic acids is 1. The molecule has 1 amide bonds. The van der Waals surface area contributed by atoms with Gasteiger partial charge in [-0.05, 0) is 61.2 Å². The second-order valence-electron chi connectivity index (χ2n) is 9.13. The van der Waals surface area contributed by atoms with E-state index in [1.807, 2.05) is 35.2 Å². The smallest absolute Gasteiger partial charge is 0.254 e. The van der Waals surface area contributed by atoms with Gasteiger partial charge in [-0.3, -0.25) is 4.79 Å². The lowest BCUT2D eigenvalue weighted by Crippen LogP contribution is -2.49. The number of aryl methyl sites for hydroxylation is 1. The Morgan fingerprint density at radius 1 is 1.00 bits per heavy atom. The number of hydrogen-bond donors (Lipinski definition) is 0. The van der Waals surface area contributed by atoms with Gasteiger partial charge < -0.3 is 9.64 Å². The van der Waals surface area contributed by atoms with E-state index in [0.29, 0.717) is 18.4 Å². The molecule has 34 heavy (non-hydrogen) atoms. The van der Waals surface area contributed by atoms with E-state index in [1.54, 1.807) is 11.8 Å². The predicted octanol–water partition coefficient (Wildman–Crippen LogP) is 6.78. The van der Waals surface area contributed by atoms with Crippen molar-refractivity contribution >= 4 is 17.7 Å². The number of amides is 1. The lowest BCUT2D eigenvalue weighted by molar-refractivity contribution is 0.0349. The first-order valence-electron chi connectivity index (χ1n) is 11.7. The van der Waals surface area contributed by atoms with Crippen molar-refractivity contribution in [3.63, 3.8) is 0 Å². The predicted molar refractivity (Wildman–Crippen MR) is 130 cm³/mol. The molecule has 2 atom stereocenters. The van der Waals surface area contributed by atoms with Gasteiger partial charge in [-0.15, -0.1) is 11.8 Å². The fraction of sp³-hybridized carbons (Fsp3) is 0.321. The van der Waals surface area contributed by atoms with Gasteiger partial charge in [0.25, 0.3) is 5.91 Å². The molecule has 0 aromatic heterocycles. The Morgan fingerprint density at radius 2 is 1.71 bits per heavy atom. The Kier molecular flexibility index (Phi) is 6.59. The second kappa shape index (κ2) is 9.79.